The van der Waals surface area contributed by atoms with Crippen molar-refractivity contribution in [1.82, 2.24) is 4.31 Å². The lowest BCUT2D eigenvalue weighted by molar-refractivity contribution is -0.121. The van der Waals surface area contributed by atoms with Gasteiger partial charge in [-0.1, -0.05) is 12.8 Å². The van der Waals surface area contributed by atoms with Crippen LogP contribution in [0.1, 0.15) is 19.8 Å². The Balaban J connectivity index is 2.33. The van der Waals surface area contributed by atoms with Crippen molar-refractivity contribution < 1.29 is 4.79 Å². The Bertz CT molecular complexity index is 130. The maximum absolute atomic E-state index is 10.9. The molecule has 1 rings (SSSR count). The second kappa shape index (κ2) is 3.39. The second-order valence-corrected chi connectivity index (χ2v) is 3.40. The first-order chi connectivity index (χ1) is 4.70. The van der Waals surface area contributed by atoms with Crippen molar-refractivity contribution >= 4 is 18.6 Å². The molecule has 1 heterocycles. The summed E-state index contributed by atoms with van der Waals surface area (Å²) in [5.41, 5.74) is 0. The van der Waals surface area contributed by atoms with Gasteiger partial charge >= 0.3 is 0 Å². The Morgan fingerprint density at radius 1 is 1.50 bits per heavy atom. The van der Waals surface area contributed by atoms with Crippen LogP contribution in [0, 0.1) is 5.92 Å². The van der Waals surface area contributed by atoms with Gasteiger partial charge in [-0.05, 0) is 19.8 Å². The summed E-state index contributed by atoms with van der Waals surface area (Å²) in [6, 6.07) is 0. The van der Waals surface area contributed by atoms with Gasteiger partial charge in [0, 0.05) is 19.0 Å². The topological polar surface area (TPSA) is 20.3 Å². The first-order valence-corrected chi connectivity index (χ1v) is 4.04. The Hall–Kier alpha value is -0.0200. The molecule has 58 valence electrons. The highest BCUT2D eigenvalue weighted by molar-refractivity contribution is 7.77. The summed E-state index contributed by atoms with van der Waals surface area (Å²) in [7, 11) is 0. The number of Topliss-reactive ketones (excluding diaryl/α,β-unsaturated/α-hetero) is 1. The third-order valence-electron chi connectivity index (χ3n) is 2.05. The van der Waals surface area contributed by atoms with Crippen LogP contribution in [-0.4, -0.2) is 23.2 Å². The highest BCUT2D eigenvalue weighted by Crippen LogP contribution is 2.18. The SMILES string of the molecule is CC(=O)C1CCN(S)CC1. The van der Waals surface area contributed by atoms with Crippen LogP contribution in [-0.2, 0) is 4.79 Å². The fourth-order valence-corrected chi connectivity index (χ4v) is 1.50. The Labute approximate surface area is 67.1 Å². The van der Waals surface area contributed by atoms with Crippen LogP contribution < -0.4 is 0 Å². The molecule has 2 nitrogen and oxygen atoms in total. The highest BCUT2D eigenvalue weighted by atomic mass is 32.1. The summed E-state index contributed by atoms with van der Waals surface area (Å²) in [4.78, 5) is 10.9. The maximum atomic E-state index is 10.9. The molecule has 0 amide bonds. The van der Waals surface area contributed by atoms with Crippen LogP contribution in [0.15, 0.2) is 0 Å². The van der Waals surface area contributed by atoms with Crippen molar-refractivity contribution in [2.24, 2.45) is 5.92 Å². The van der Waals surface area contributed by atoms with Gasteiger partial charge in [0.05, 0.1) is 0 Å². The molecule has 0 aromatic rings. The van der Waals surface area contributed by atoms with Crippen molar-refractivity contribution in [2.75, 3.05) is 13.1 Å². The van der Waals surface area contributed by atoms with Crippen LogP contribution in [0.4, 0.5) is 0 Å². The molecule has 0 N–H and O–H groups in total. The molecule has 3 heteroatoms. The van der Waals surface area contributed by atoms with Crippen molar-refractivity contribution in [3.63, 3.8) is 0 Å². The molecule has 0 atom stereocenters. The van der Waals surface area contributed by atoms with Crippen LogP contribution in [0.2, 0.25) is 0 Å². The number of thiol groups is 1. The van der Waals surface area contributed by atoms with Crippen molar-refractivity contribution in [3.05, 3.63) is 0 Å². The number of hydrogen-bond donors (Lipinski definition) is 1. The summed E-state index contributed by atoms with van der Waals surface area (Å²) in [6.07, 6.45) is 1.97. The normalized spacial score (nSPS) is 23.0. The molecule has 10 heavy (non-hydrogen) atoms. The summed E-state index contributed by atoms with van der Waals surface area (Å²) < 4.78 is 1.97. The minimum atomic E-state index is 0.309. The number of carbonyl (C=O) groups is 1. The Morgan fingerprint density at radius 2 is 2.00 bits per heavy atom. The van der Waals surface area contributed by atoms with Crippen LogP contribution in [0.25, 0.3) is 0 Å². The predicted molar refractivity (Wildman–Crippen MR) is 44.0 cm³/mol. The highest BCUT2D eigenvalue weighted by Gasteiger charge is 2.19. The zero-order chi connectivity index (χ0) is 7.56. The summed E-state index contributed by atoms with van der Waals surface area (Å²) in [6.45, 7) is 3.58. The van der Waals surface area contributed by atoms with E-state index < -0.39 is 0 Å². The van der Waals surface area contributed by atoms with E-state index in [2.05, 4.69) is 12.8 Å². The lowest BCUT2D eigenvalue weighted by Crippen LogP contribution is -2.29. The first kappa shape index (κ1) is 8.08. The quantitative estimate of drug-likeness (QED) is 0.579. The number of nitrogens with zero attached hydrogens (tertiary/aromatic N) is 1. The summed E-state index contributed by atoms with van der Waals surface area (Å²) >= 11 is 4.19. The van der Waals surface area contributed by atoms with E-state index in [1.54, 1.807) is 6.92 Å². The summed E-state index contributed by atoms with van der Waals surface area (Å²) in [5.74, 6) is 0.643. The van der Waals surface area contributed by atoms with Gasteiger partial charge in [-0.15, -0.1) is 0 Å². The third-order valence-corrected chi connectivity index (χ3v) is 2.45. The van der Waals surface area contributed by atoms with E-state index in [0.717, 1.165) is 25.9 Å². The molecule has 0 spiro atoms. The van der Waals surface area contributed by atoms with Gasteiger partial charge in [-0.25, -0.2) is 0 Å². The van der Waals surface area contributed by atoms with Gasteiger partial charge in [-0.2, -0.15) is 0 Å². The average Bonchev–Trinajstić information content (AvgIpc) is 1.88. The maximum Gasteiger partial charge on any atom is 0.133 e. The van der Waals surface area contributed by atoms with E-state index in [0.29, 0.717) is 11.7 Å². The van der Waals surface area contributed by atoms with Crippen LogP contribution in [0.3, 0.4) is 0 Å². The smallest absolute Gasteiger partial charge is 0.133 e. The molecular formula is C7H13NOS. The third kappa shape index (κ3) is 1.99. The monoisotopic (exact) mass is 159 g/mol. The molecule has 0 saturated carbocycles. The lowest BCUT2D eigenvalue weighted by atomic mass is 9.95. The standard InChI is InChI=1S/C7H13NOS/c1-6(9)7-2-4-8(10)5-3-7/h7,10H,2-5H2,1H3. The molecule has 1 aliphatic heterocycles. The number of rotatable bonds is 1. The number of ketones is 1. The molecule has 0 aromatic carbocycles. The zero-order valence-corrected chi connectivity index (χ0v) is 7.10. The molecule has 0 aliphatic carbocycles. The Kier molecular flexibility index (Phi) is 2.74. The summed E-state index contributed by atoms with van der Waals surface area (Å²) in [5, 5.41) is 0. The second-order valence-electron chi connectivity index (χ2n) is 2.84. The molecule has 0 radical (unpaired) electrons. The van der Waals surface area contributed by atoms with Crippen molar-refractivity contribution in [1.29, 1.82) is 0 Å². The van der Waals surface area contributed by atoms with E-state index >= 15 is 0 Å². The number of carbonyl (C=O) groups excluding carboxylic acids is 1. The zero-order valence-electron chi connectivity index (χ0n) is 6.21. The minimum Gasteiger partial charge on any atom is -0.300 e. The van der Waals surface area contributed by atoms with E-state index in [1.807, 2.05) is 4.31 Å². The van der Waals surface area contributed by atoms with Crippen molar-refractivity contribution in [3.8, 4) is 0 Å². The van der Waals surface area contributed by atoms with E-state index in [4.69, 9.17) is 0 Å². The van der Waals surface area contributed by atoms with Crippen LogP contribution >= 0.6 is 12.8 Å². The number of hydrogen-bond acceptors (Lipinski definition) is 3. The molecule has 1 aliphatic rings. The largest absolute Gasteiger partial charge is 0.300 e. The molecule has 0 bridgehead atoms. The van der Waals surface area contributed by atoms with Crippen LogP contribution in [0.5, 0.6) is 0 Å². The average molecular weight is 159 g/mol. The minimum absolute atomic E-state index is 0.309. The van der Waals surface area contributed by atoms with Gasteiger partial charge in [0.1, 0.15) is 5.78 Å². The molecule has 1 saturated heterocycles. The van der Waals surface area contributed by atoms with Gasteiger partial charge in [0.2, 0.25) is 0 Å². The van der Waals surface area contributed by atoms with Gasteiger partial charge in [-0.3, -0.25) is 9.10 Å². The first-order valence-electron chi connectivity index (χ1n) is 3.64. The molecule has 0 aromatic heterocycles. The molecule has 1 fully saturated rings. The molecule has 0 unspecified atom stereocenters. The van der Waals surface area contributed by atoms with E-state index in [1.165, 1.54) is 0 Å². The van der Waals surface area contributed by atoms with Gasteiger partial charge in [0.15, 0.2) is 0 Å². The van der Waals surface area contributed by atoms with E-state index in [-0.39, 0.29) is 0 Å². The van der Waals surface area contributed by atoms with Gasteiger partial charge < -0.3 is 0 Å². The fraction of sp³-hybridized carbons (Fsp3) is 0.857. The van der Waals surface area contributed by atoms with Gasteiger partial charge in [0.25, 0.3) is 0 Å². The van der Waals surface area contributed by atoms with E-state index in [9.17, 15) is 4.79 Å². The molecular weight excluding hydrogens is 146 g/mol. The van der Waals surface area contributed by atoms with Crippen molar-refractivity contribution in [2.45, 2.75) is 19.8 Å². The Morgan fingerprint density at radius 3 is 2.40 bits per heavy atom. The lowest BCUT2D eigenvalue weighted by Gasteiger charge is -2.25. The predicted octanol–water partition coefficient (Wildman–Crippen LogP) is 1.13. The number of piperidine rings is 1. The fourth-order valence-electron chi connectivity index (χ4n) is 1.27.